The first kappa shape index (κ1) is 8.30. The molecule has 0 unspecified atom stereocenters. The van der Waals surface area contributed by atoms with Gasteiger partial charge in [0.2, 0.25) is 0 Å². The third-order valence-electron chi connectivity index (χ3n) is 3.37. The molecule has 1 aromatic carbocycles. The molecule has 1 N–H and O–H groups in total. The third-order valence-corrected chi connectivity index (χ3v) is 3.61. The second-order valence-electron chi connectivity index (χ2n) is 4.10. The predicted molar refractivity (Wildman–Crippen MR) is 52.5 cm³/mol. The summed E-state index contributed by atoms with van der Waals surface area (Å²) >= 11 is 5.87. The molecule has 3 atom stereocenters. The number of halogens is 1. The van der Waals surface area contributed by atoms with Crippen LogP contribution in [0.5, 0.6) is 0 Å². The number of hydrogen-bond acceptors (Lipinski definition) is 1. The summed E-state index contributed by atoms with van der Waals surface area (Å²) in [6.45, 7) is 0. The number of carboxylic acids is 1. The summed E-state index contributed by atoms with van der Waals surface area (Å²) in [4.78, 5) is 10.8. The molecule has 3 heteroatoms. The topological polar surface area (TPSA) is 37.3 Å². The molecule has 14 heavy (non-hydrogen) atoms. The average Bonchev–Trinajstić information content (AvgIpc) is 2.70. The summed E-state index contributed by atoms with van der Waals surface area (Å²) in [5.41, 5.74) is 2.44. The first-order valence-electron chi connectivity index (χ1n) is 4.69. The molecular formula is C11H9ClO2. The SMILES string of the molecule is O=C(O)[C@@H]1[C@@H]2Cc3cc(Cl)ccc3[C@H]21. The predicted octanol–water partition coefficient (Wildman–Crippen LogP) is 2.31. The Balaban J connectivity index is 1.99. The van der Waals surface area contributed by atoms with E-state index in [0.29, 0.717) is 5.92 Å². The van der Waals surface area contributed by atoms with E-state index in [2.05, 4.69) is 0 Å². The molecule has 0 radical (unpaired) electrons. The molecule has 1 saturated carbocycles. The van der Waals surface area contributed by atoms with Gasteiger partial charge in [-0.1, -0.05) is 17.7 Å². The number of benzene rings is 1. The fraction of sp³-hybridized carbons (Fsp3) is 0.364. The highest BCUT2D eigenvalue weighted by molar-refractivity contribution is 6.30. The molecular weight excluding hydrogens is 200 g/mol. The van der Waals surface area contributed by atoms with Crippen molar-refractivity contribution in [2.45, 2.75) is 12.3 Å². The highest BCUT2D eigenvalue weighted by atomic mass is 35.5. The maximum absolute atomic E-state index is 10.8. The van der Waals surface area contributed by atoms with Crippen LogP contribution in [0.4, 0.5) is 0 Å². The Hall–Kier alpha value is -1.02. The Morgan fingerprint density at radius 3 is 3.00 bits per heavy atom. The second kappa shape index (κ2) is 2.51. The van der Waals surface area contributed by atoms with E-state index in [1.54, 1.807) is 0 Å². The lowest BCUT2D eigenvalue weighted by atomic mass is 10.0. The van der Waals surface area contributed by atoms with Crippen molar-refractivity contribution in [3.05, 3.63) is 34.3 Å². The van der Waals surface area contributed by atoms with Crippen molar-refractivity contribution in [1.29, 1.82) is 0 Å². The van der Waals surface area contributed by atoms with Crippen LogP contribution in [0.1, 0.15) is 17.0 Å². The Morgan fingerprint density at radius 1 is 1.50 bits per heavy atom. The molecule has 72 valence electrons. The first-order valence-corrected chi connectivity index (χ1v) is 5.07. The molecule has 2 aliphatic rings. The number of carboxylic acid groups (broad SMARTS) is 1. The Kier molecular flexibility index (Phi) is 1.49. The van der Waals surface area contributed by atoms with Gasteiger partial charge in [-0.25, -0.2) is 0 Å². The van der Waals surface area contributed by atoms with E-state index in [4.69, 9.17) is 16.7 Å². The zero-order valence-electron chi connectivity index (χ0n) is 7.40. The summed E-state index contributed by atoms with van der Waals surface area (Å²) in [7, 11) is 0. The van der Waals surface area contributed by atoms with Crippen LogP contribution in [-0.2, 0) is 11.2 Å². The molecule has 1 aromatic rings. The molecule has 3 rings (SSSR count). The van der Waals surface area contributed by atoms with Gasteiger partial charge in [0.25, 0.3) is 0 Å². The van der Waals surface area contributed by atoms with Crippen molar-refractivity contribution in [3.8, 4) is 0 Å². The van der Waals surface area contributed by atoms with Crippen LogP contribution in [0.25, 0.3) is 0 Å². The molecule has 0 amide bonds. The number of rotatable bonds is 1. The van der Waals surface area contributed by atoms with E-state index in [1.165, 1.54) is 11.1 Å². The van der Waals surface area contributed by atoms with Gasteiger partial charge in [-0.05, 0) is 35.6 Å². The zero-order chi connectivity index (χ0) is 9.87. The van der Waals surface area contributed by atoms with Gasteiger partial charge < -0.3 is 5.11 Å². The van der Waals surface area contributed by atoms with Crippen molar-refractivity contribution in [2.75, 3.05) is 0 Å². The first-order chi connectivity index (χ1) is 6.68. The van der Waals surface area contributed by atoms with Crippen LogP contribution in [0.2, 0.25) is 5.02 Å². The lowest BCUT2D eigenvalue weighted by Gasteiger charge is -2.04. The number of aliphatic carboxylic acids is 1. The average molecular weight is 209 g/mol. The number of hydrogen-bond donors (Lipinski definition) is 1. The minimum atomic E-state index is -0.652. The van der Waals surface area contributed by atoms with Gasteiger partial charge in [0.1, 0.15) is 0 Å². The summed E-state index contributed by atoms with van der Waals surface area (Å²) < 4.78 is 0. The minimum Gasteiger partial charge on any atom is -0.481 e. The maximum Gasteiger partial charge on any atom is 0.307 e. The van der Waals surface area contributed by atoms with E-state index < -0.39 is 5.97 Å². The van der Waals surface area contributed by atoms with Crippen molar-refractivity contribution in [1.82, 2.24) is 0 Å². The van der Waals surface area contributed by atoms with Gasteiger partial charge in [0, 0.05) is 10.9 Å². The van der Waals surface area contributed by atoms with E-state index in [1.807, 2.05) is 18.2 Å². The lowest BCUT2D eigenvalue weighted by Crippen LogP contribution is -2.04. The summed E-state index contributed by atoms with van der Waals surface area (Å²) in [6, 6.07) is 5.78. The summed E-state index contributed by atoms with van der Waals surface area (Å²) in [6.07, 6.45) is 0.886. The van der Waals surface area contributed by atoms with E-state index in [9.17, 15) is 4.79 Å². The van der Waals surface area contributed by atoms with Crippen LogP contribution in [0.15, 0.2) is 18.2 Å². The van der Waals surface area contributed by atoms with E-state index >= 15 is 0 Å². The van der Waals surface area contributed by atoms with E-state index in [-0.39, 0.29) is 11.8 Å². The molecule has 0 bridgehead atoms. The third kappa shape index (κ3) is 0.947. The van der Waals surface area contributed by atoms with Crippen LogP contribution >= 0.6 is 11.6 Å². The monoisotopic (exact) mass is 208 g/mol. The molecule has 0 aromatic heterocycles. The van der Waals surface area contributed by atoms with Gasteiger partial charge in [0.15, 0.2) is 0 Å². The number of carbonyl (C=O) groups is 1. The highest BCUT2D eigenvalue weighted by Crippen LogP contribution is 2.61. The van der Waals surface area contributed by atoms with E-state index in [0.717, 1.165) is 11.4 Å². The smallest absolute Gasteiger partial charge is 0.307 e. The summed E-state index contributed by atoms with van der Waals surface area (Å²) in [5.74, 6) is -0.190. The fourth-order valence-electron chi connectivity index (χ4n) is 2.72. The Bertz CT molecular complexity index is 427. The minimum absolute atomic E-state index is 0.135. The maximum atomic E-state index is 10.8. The van der Waals surface area contributed by atoms with Gasteiger partial charge in [0.05, 0.1) is 5.92 Å². The summed E-state index contributed by atoms with van der Waals surface area (Å²) in [5, 5.41) is 9.66. The Labute approximate surface area is 86.5 Å². The Morgan fingerprint density at radius 2 is 2.29 bits per heavy atom. The highest BCUT2D eigenvalue weighted by Gasteiger charge is 2.59. The molecule has 2 nitrogen and oxygen atoms in total. The van der Waals surface area contributed by atoms with Gasteiger partial charge in [-0.3, -0.25) is 4.79 Å². The van der Waals surface area contributed by atoms with Gasteiger partial charge in [-0.2, -0.15) is 0 Å². The van der Waals surface area contributed by atoms with Crippen LogP contribution in [0, 0.1) is 11.8 Å². The zero-order valence-corrected chi connectivity index (χ0v) is 8.16. The number of fused-ring (bicyclic) bond motifs is 3. The normalized spacial score (nSPS) is 32.2. The van der Waals surface area contributed by atoms with Crippen molar-refractivity contribution < 1.29 is 9.90 Å². The van der Waals surface area contributed by atoms with Gasteiger partial charge >= 0.3 is 5.97 Å². The molecule has 1 fully saturated rings. The molecule has 0 spiro atoms. The quantitative estimate of drug-likeness (QED) is 0.769. The van der Waals surface area contributed by atoms with Crippen molar-refractivity contribution in [3.63, 3.8) is 0 Å². The largest absolute Gasteiger partial charge is 0.481 e. The molecule has 0 aliphatic heterocycles. The molecule has 0 heterocycles. The lowest BCUT2D eigenvalue weighted by molar-refractivity contribution is -0.139. The van der Waals surface area contributed by atoms with Crippen LogP contribution in [-0.4, -0.2) is 11.1 Å². The fourth-order valence-corrected chi connectivity index (χ4v) is 2.91. The second-order valence-corrected chi connectivity index (χ2v) is 4.54. The van der Waals surface area contributed by atoms with Crippen LogP contribution < -0.4 is 0 Å². The van der Waals surface area contributed by atoms with Crippen molar-refractivity contribution >= 4 is 17.6 Å². The standard InChI is InChI=1S/C11H9ClO2/c12-6-1-2-7-5(3-6)4-8-9(7)10(8)11(13)14/h1-3,8-10H,4H2,(H,13,14)/t8-,9-,10-/m1/s1. The molecule has 2 aliphatic carbocycles. The van der Waals surface area contributed by atoms with Gasteiger partial charge in [-0.15, -0.1) is 0 Å². The van der Waals surface area contributed by atoms with Crippen LogP contribution in [0.3, 0.4) is 0 Å². The van der Waals surface area contributed by atoms with Crippen molar-refractivity contribution in [2.24, 2.45) is 11.8 Å². The molecule has 0 saturated heterocycles.